The van der Waals surface area contributed by atoms with Crippen LogP contribution in [0.2, 0.25) is 0 Å². The second-order valence-electron chi connectivity index (χ2n) is 8.19. The first-order valence-corrected chi connectivity index (χ1v) is 13.2. The zero-order valence-corrected chi connectivity index (χ0v) is 19.0. The number of furan rings is 1. The van der Waals surface area contributed by atoms with E-state index in [1.54, 1.807) is 6.26 Å². The molecule has 164 valence electrons. The first kappa shape index (κ1) is 21.4. The molecule has 1 saturated carbocycles. The summed E-state index contributed by atoms with van der Waals surface area (Å²) >= 11 is 1.35. The van der Waals surface area contributed by atoms with Gasteiger partial charge in [-0.3, -0.25) is 4.79 Å². The number of aromatic nitrogens is 3. The third-order valence-corrected chi connectivity index (χ3v) is 8.87. The van der Waals surface area contributed by atoms with Crippen molar-refractivity contribution < 1.29 is 17.6 Å². The molecular weight excluding hydrogens is 424 g/mol. The maximum Gasteiger partial charge on any atom is 0.233 e. The number of hydrogen-bond donors (Lipinski definition) is 0. The molecule has 1 aliphatic carbocycles. The molecule has 0 radical (unpaired) electrons. The summed E-state index contributed by atoms with van der Waals surface area (Å²) in [6.07, 6.45) is 7.46. The van der Waals surface area contributed by atoms with E-state index >= 15 is 0 Å². The van der Waals surface area contributed by atoms with Gasteiger partial charge in [-0.15, -0.1) is 10.2 Å². The summed E-state index contributed by atoms with van der Waals surface area (Å²) < 4.78 is 31.3. The Labute approximate surface area is 181 Å². The van der Waals surface area contributed by atoms with Crippen LogP contribution in [0.4, 0.5) is 0 Å². The van der Waals surface area contributed by atoms with Crippen LogP contribution in [-0.4, -0.2) is 63.3 Å². The van der Waals surface area contributed by atoms with Crippen molar-refractivity contribution in [3.8, 4) is 11.4 Å². The highest BCUT2D eigenvalue weighted by atomic mass is 32.2. The Kier molecular flexibility index (Phi) is 6.24. The van der Waals surface area contributed by atoms with E-state index in [2.05, 4.69) is 10.2 Å². The van der Waals surface area contributed by atoms with Crippen LogP contribution in [0, 0.1) is 6.92 Å². The van der Waals surface area contributed by atoms with Gasteiger partial charge in [0.25, 0.3) is 0 Å². The molecule has 1 unspecified atom stereocenters. The summed E-state index contributed by atoms with van der Waals surface area (Å²) in [6, 6.07) is 1.80. The molecule has 1 atom stereocenters. The fourth-order valence-corrected chi connectivity index (χ4v) is 7.04. The van der Waals surface area contributed by atoms with Crippen LogP contribution in [0.15, 0.2) is 21.9 Å². The third-order valence-electron chi connectivity index (χ3n) is 6.12. The van der Waals surface area contributed by atoms with E-state index in [4.69, 9.17) is 4.42 Å². The second-order valence-corrected chi connectivity index (χ2v) is 11.4. The molecule has 4 rings (SSSR count). The Morgan fingerprint density at radius 2 is 2.00 bits per heavy atom. The molecule has 0 N–H and O–H groups in total. The molecular formula is C20H28N4O4S2. The van der Waals surface area contributed by atoms with E-state index in [1.807, 2.05) is 29.5 Å². The minimum absolute atomic E-state index is 0.00181. The number of aryl methyl sites for hydroxylation is 1. The SMILES string of the molecule is Cc1occc1-c1nnc(SCC(=O)N(C2CCCCC2)C2CCS(=O)(=O)C2)n1C. The fourth-order valence-electron chi connectivity index (χ4n) is 4.55. The van der Waals surface area contributed by atoms with Crippen LogP contribution in [-0.2, 0) is 21.7 Å². The summed E-state index contributed by atoms with van der Waals surface area (Å²) in [5, 5.41) is 9.16. The van der Waals surface area contributed by atoms with Crippen LogP contribution in [0.5, 0.6) is 0 Å². The average Bonchev–Trinajstić information content (AvgIpc) is 3.40. The number of rotatable bonds is 6. The molecule has 1 amide bonds. The Morgan fingerprint density at radius 3 is 2.63 bits per heavy atom. The summed E-state index contributed by atoms with van der Waals surface area (Å²) in [4.78, 5) is 15.1. The number of carbonyl (C=O) groups excluding carboxylic acids is 1. The quantitative estimate of drug-likeness (QED) is 0.622. The van der Waals surface area contributed by atoms with Crippen molar-refractivity contribution in [1.29, 1.82) is 0 Å². The van der Waals surface area contributed by atoms with Crippen molar-refractivity contribution in [2.24, 2.45) is 7.05 Å². The molecule has 0 bridgehead atoms. The molecule has 8 nitrogen and oxygen atoms in total. The molecule has 2 fully saturated rings. The Bertz CT molecular complexity index is 1010. The van der Waals surface area contributed by atoms with Crippen LogP contribution in [0.1, 0.15) is 44.3 Å². The largest absolute Gasteiger partial charge is 0.469 e. The van der Waals surface area contributed by atoms with Crippen molar-refractivity contribution in [3.05, 3.63) is 18.1 Å². The predicted molar refractivity (Wildman–Crippen MR) is 115 cm³/mol. The van der Waals surface area contributed by atoms with Crippen LogP contribution in [0.3, 0.4) is 0 Å². The molecule has 1 saturated heterocycles. The summed E-state index contributed by atoms with van der Waals surface area (Å²) in [6.45, 7) is 1.87. The van der Waals surface area contributed by atoms with Crippen molar-refractivity contribution in [2.75, 3.05) is 17.3 Å². The number of hydrogen-bond acceptors (Lipinski definition) is 7. The lowest BCUT2D eigenvalue weighted by molar-refractivity contribution is -0.133. The summed E-state index contributed by atoms with van der Waals surface area (Å²) in [5.74, 6) is 1.96. The normalized spacial score (nSPS) is 21.7. The Hall–Kier alpha value is -1.81. The van der Waals surface area contributed by atoms with Crippen LogP contribution in [0.25, 0.3) is 11.4 Å². The van der Waals surface area contributed by atoms with Gasteiger partial charge >= 0.3 is 0 Å². The molecule has 0 aromatic carbocycles. The molecule has 0 spiro atoms. The van der Waals surface area contributed by atoms with Gasteiger partial charge in [-0.25, -0.2) is 8.42 Å². The van der Waals surface area contributed by atoms with E-state index in [1.165, 1.54) is 18.2 Å². The minimum Gasteiger partial charge on any atom is -0.469 e. The van der Waals surface area contributed by atoms with Gasteiger partial charge in [0.1, 0.15) is 5.76 Å². The lowest BCUT2D eigenvalue weighted by Gasteiger charge is -2.38. The highest BCUT2D eigenvalue weighted by Gasteiger charge is 2.38. The van der Waals surface area contributed by atoms with Gasteiger partial charge in [-0.1, -0.05) is 31.0 Å². The first-order valence-electron chi connectivity index (χ1n) is 10.4. The molecule has 2 aromatic heterocycles. The van der Waals surface area contributed by atoms with Crippen molar-refractivity contribution in [1.82, 2.24) is 19.7 Å². The first-order chi connectivity index (χ1) is 14.4. The summed E-state index contributed by atoms with van der Waals surface area (Å²) in [7, 11) is -1.18. The van der Waals surface area contributed by atoms with E-state index in [9.17, 15) is 13.2 Å². The van der Waals surface area contributed by atoms with Gasteiger partial charge in [-0.05, 0) is 32.3 Å². The predicted octanol–water partition coefficient (Wildman–Crippen LogP) is 2.82. The standard InChI is InChI=1S/C20H28N4O4S2/c1-14-17(8-10-28-14)19-21-22-20(23(19)2)29-12-18(25)24(15-6-4-3-5-7-15)16-9-11-30(26,27)13-16/h8,10,15-16H,3-7,9,11-13H2,1-2H3. The van der Waals surface area contributed by atoms with Gasteiger partial charge in [0, 0.05) is 19.1 Å². The van der Waals surface area contributed by atoms with E-state index in [-0.39, 0.29) is 35.2 Å². The lowest BCUT2D eigenvalue weighted by atomic mass is 9.93. The maximum absolute atomic E-state index is 13.3. The average molecular weight is 453 g/mol. The zero-order valence-electron chi connectivity index (χ0n) is 17.4. The molecule has 2 aliphatic rings. The molecule has 1 aliphatic heterocycles. The van der Waals surface area contributed by atoms with Crippen LogP contribution < -0.4 is 0 Å². The monoisotopic (exact) mass is 452 g/mol. The third kappa shape index (κ3) is 4.44. The maximum atomic E-state index is 13.3. The molecule has 3 heterocycles. The van der Waals surface area contributed by atoms with Gasteiger partial charge in [0.15, 0.2) is 20.8 Å². The summed E-state index contributed by atoms with van der Waals surface area (Å²) in [5.41, 5.74) is 0.878. The zero-order chi connectivity index (χ0) is 21.3. The van der Waals surface area contributed by atoms with Crippen molar-refractivity contribution in [2.45, 2.75) is 62.7 Å². The second kappa shape index (κ2) is 8.74. The van der Waals surface area contributed by atoms with Crippen molar-refractivity contribution >= 4 is 27.5 Å². The number of sulfone groups is 1. The van der Waals surface area contributed by atoms with E-state index in [0.29, 0.717) is 17.4 Å². The fraction of sp³-hybridized carbons (Fsp3) is 0.650. The number of thioether (sulfide) groups is 1. The number of carbonyl (C=O) groups is 1. The topological polar surface area (TPSA) is 98.3 Å². The smallest absolute Gasteiger partial charge is 0.233 e. The van der Waals surface area contributed by atoms with E-state index < -0.39 is 9.84 Å². The number of amides is 1. The highest BCUT2D eigenvalue weighted by molar-refractivity contribution is 7.99. The molecule has 10 heteroatoms. The molecule has 30 heavy (non-hydrogen) atoms. The Balaban J connectivity index is 1.48. The van der Waals surface area contributed by atoms with E-state index in [0.717, 1.165) is 37.0 Å². The Morgan fingerprint density at radius 1 is 1.23 bits per heavy atom. The van der Waals surface area contributed by atoms with Crippen molar-refractivity contribution in [3.63, 3.8) is 0 Å². The van der Waals surface area contributed by atoms with Gasteiger partial charge in [-0.2, -0.15) is 0 Å². The van der Waals surface area contributed by atoms with Gasteiger partial charge in [0.2, 0.25) is 5.91 Å². The lowest BCUT2D eigenvalue weighted by Crippen LogP contribution is -2.49. The number of nitrogens with zero attached hydrogens (tertiary/aromatic N) is 4. The van der Waals surface area contributed by atoms with Gasteiger partial charge < -0.3 is 13.9 Å². The van der Waals surface area contributed by atoms with Crippen LogP contribution >= 0.6 is 11.8 Å². The minimum atomic E-state index is -3.05. The van der Waals surface area contributed by atoms with Gasteiger partial charge in [0.05, 0.1) is 29.1 Å². The highest BCUT2D eigenvalue weighted by Crippen LogP contribution is 2.30. The molecule has 2 aromatic rings.